The molecule has 2 heterocycles. The number of hydrogen-bond acceptors (Lipinski definition) is 4. The molecule has 0 fully saturated rings. The van der Waals surface area contributed by atoms with Crippen LogP contribution in [0, 0.1) is 30.2 Å². The molecule has 132 valence electrons. The van der Waals surface area contributed by atoms with Crippen molar-refractivity contribution in [2.75, 3.05) is 13.2 Å². The van der Waals surface area contributed by atoms with E-state index in [9.17, 15) is 10.2 Å². The molecule has 0 radical (unpaired) electrons. The molecule has 0 aromatic carbocycles. The van der Waals surface area contributed by atoms with E-state index in [1.165, 1.54) is 4.88 Å². The standard InChI is InChI=1S/C20H24O2S2Si/c1-15-13-16(7-10-21)19(23-15)6-5-18-14-17(8-11-22)20(24-18)9-12-25(2,3)4/h13-14,21-22H,7-8,10-11H2,1-4H3. The van der Waals surface area contributed by atoms with Gasteiger partial charge in [-0.1, -0.05) is 25.6 Å². The van der Waals surface area contributed by atoms with Crippen molar-refractivity contribution in [3.63, 3.8) is 0 Å². The molecular weight excluding hydrogens is 364 g/mol. The fourth-order valence-corrected chi connectivity index (χ4v) is 4.67. The van der Waals surface area contributed by atoms with Crippen molar-refractivity contribution in [1.29, 1.82) is 0 Å². The minimum absolute atomic E-state index is 0.121. The highest BCUT2D eigenvalue weighted by molar-refractivity contribution is 7.13. The van der Waals surface area contributed by atoms with Gasteiger partial charge < -0.3 is 10.2 Å². The first-order valence-electron chi connectivity index (χ1n) is 8.31. The molecule has 0 amide bonds. The molecule has 2 nitrogen and oxygen atoms in total. The van der Waals surface area contributed by atoms with E-state index in [0.717, 1.165) is 25.8 Å². The van der Waals surface area contributed by atoms with Gasteiger partial charge in [-0.05, 0) is 54.9 Å². The van der Waals surface area contributed by atoms with Crippen LogP contribution in [0.4, 0.5) is 0 Å². The number of hydrogen-bond donors (Lipinski definition) is 2. The average molecular weight is 389 g/mol. The van der Waals surface area contributed by atoms with Crippen LogP contribution in [0.5, 0.6) is 0 Å². The Morgan fingerprint density at radius 2 is 1.48 bits per heavy atom. The molecule has 2 N–H and O–H groups in total. The zero-order chi connectivity index (χ0) is 18.4. The molecule has 25 heavy (non-hydrogen) atoms. The van der Waals surface area contributed by atoms with Crippen LogP contribution < -0.4 is 0 Å². The summed E-state index contributed by atoms with van der Waals surface area (Å²) in [5.74, 6) is 9.82. The Hall–Kier alpha value is -1.34. The van der Waals surface area contributed by atoms with Crippen LogP contribution in [0.2, 0.25) is 19.6 Å². The highest BCUT2D eigenvalue weighted by Gasteiger charge is 2.10. The van der Waals surface area contributed by atoms with Gasteiger partial charge in [0.2, 0.25) is 0 Å². The van der Waals surface area contributed by atoms with Crippen molar-refractivity contribution in [1.82, 2.24) is 0 Å². The molecule has 0 saturated carbocycles. The van der Waals surface area contributed by atoms with E-state index in [1.807, 2.05) is 6.07 Å². The van der Waals surface area contributed by atoms with Gasteiger partial charge in [0.25, 0.3) is 0 Å². The Morgan fingerprint density at radius 3 is 2.08 bits per heavy atom. The van der Waals surface area contributed by atoms with Crippen molar-refractivity contribution < 1.29 is 10.2 Å². The molecule has 0 aliphatic rings. The monoisotopic (exact) mass is 388 g/mol. The molecule has 5 heteroatoms. The molecule has 0 saturated heterocycles. The maximum Gasteiger partial charge on any atom is 0.129 e. The Morgan fingerprint density at radius 1 is 0.880 bits per heavy atom. The third-order valence-electron chi connectivity index (χ3n) is 3.35. The zero-order valence-electron chi connectivity index (χ0n) is 15.2. The molecular formula is C20H24O2S2Si. The summed E-state index contributed by atoms with van der Waals surface area (Å²) in [6.45, 7) is 8.99. The molecule has 0 aliphatic carbocycles. The van der Waals surface area contributed by atoms with E-state index in [4.69, 9.17) is 0 Å². The number of aliphatic hydroxyl groups is 2. The van der Waals surface area contributed by atoms with Gasteiger partial charge in [-0.3, -0.25) is 0 Å². The minimum atomic E-state index is -1.44. The quantitative estimate of drug-likeness (QED) is 0.617. The third-order valence-corrected chi connectivity index (χ3v) is 6.25. The summed E-state index contributed by atoms with van der Waals surface area (Å²) in [4.78, 5) is 4.24. The Bertz CT molecular complexity index is 848. The summed E-state index contributed by atoms with van der Waals surface area (Å²) >= 11 is 3.27. The fourth-order valence-electron chi connectivity index (χ4n) is 2.24. The Labute approximate surface area is 159 Å². The number of aryl methyl sites for hydroxylation is 1. The summed E-state index contributed by atoms with van der Waals surface area (Å²) in [7, 11) is -1.44. The summed E-state index contributed by atoms with van der Waals surface area (Å²) < 4.78 is 0. The molecule has 2 rings (SSSR count). The second kappa shape index (κ2) is 8.85. The minimum Gasteiger partial charge on any atom is -0.396 e. The van der Waals surface area contributed by atoms with Crippen molar-refractivity contribution in [3.8, 4) is 23.3 Å². The number of thiophene rings is 2. The second-order valence-corrected chi connectivity index (χ2v) is 13.9. The van der Waals surface area contributed by atoms with E-state index >= 15 is 0 Å². The van der Waals surface area contributed by atoms with Crippen molar-refractivity contribution >= 4 is 30.7 Å². The van der Waals surface area contributed by atoms with E-state index in [-0.39, 0.29) is 13.2 Å². The third kappa shape index (κ3) is 6.15. The van der Waals surface area contributed by atoms with Crippen LogP contribution in [-0.4, -0.2) is 31.5 Å². The van der Waals surface area contributed by atoms with Crippen LogP contribution in [0.1, 0.15) is 30.6 Å². The first-order valence-corrected chi connectivity index (χ1v) is 13.4. The average Bonchev–Trinajstić information content (AvgIpc) is 3.06. The zero-order valence-corrected chi connectivity index (χ0v) is 17.8. The van der Waals surface area contributed by atoms with Gasteiger partial charge in [-0.15, -0.1) is 28.2 Å². The molecule has 0 unspecified atom stereocenters. The van der Waals surface area contributed by atoms with Gasteiger partial charge in [0.05, 0.1) is 14.6 Å². The van der Waals surface area contributed by atoms with Crippen molar-refractivity contribution in [2.24, 2.45) is 0 Å². The van der Waals surface area contributed by atoms with E-state index in [2.05, 4.69) is 55.9 Å². The highest BCUT2D eigenvalue weighted by atomic mass is 32.1. The first kappa shape index (κ1) is 20.0. The van der Waals surface area contributed by atoms with Crippen LogP contribution in [0.3, 0.4) is 0 Å². The lowest BCUT2D eigenvalue weighted by molar-refractivity contribution is 0.299. The van der Waals surface area contributed by atoms with Crippen molar-refractivity contribution in [2.45, 2.75) is 39.4 Å². The molecule has 0 bridgehead atoms. The van der Waals surface area contributed by atoms with Crippen molar-refractivity contribution in [3.05, 3.63) is 42.8 Å². The van der Waals surface area contributed by atoms with E-state index < -0.39 is 8.07 Å². The maximum atomic E-state index is 9.29. The lowest BCUT2D eigenvalue weighted by atomic mass is 10.1. The molecule has 0 spiro atoms. The first-order chi connectivity index (χ1) is 11.8. The van der Waals surface area contributed by atoms with Crippen LogP contribution in [0.25, 0.3) is 0 Å². The molecule has 0 aliphatic heterocycles. The second-order valence-electron chi connectivity index (χ2n) is 6.87. The predicted octanol–water partition coefficient (Wildman–Crippen LogP) is 3.82. The van der Waals surface area contributed by atoms with Gasteiger partial charge in [0.1, 0.15) is 8.07 Å². The van der Waals surface area contributed by atoms with Gasteiger partial charge in [-0.25, -0.2) is 0 Å². The number of rotatable bonds is 4. The van der Waals surface area contributed by atoms with Crippen LogP contribution >= 0.6 is 22.7 Å². The normalized spacial score (nSPS) is 10.8. The van der Waals surface area contributed by atoms with Crippen LogP contribution in [-0.2, 0) is 12.8 Å². The van der Waals surface area contributed by atoms with E-state index in [1.54, 1.807) is 22.7 Å². The molecule has 0 atom stereocenters. The Balaban J connectivity index is 2.34. The SMILES string of the molecule is Cc1cc(CCO)c(C#Cc2cc(CCO)c(C#C[Si](C)(C)C)s2)s1. The predicted molar refractivity (Wildman–Crippen MR) is 111 cm³/mol. The lowest BCUT2D eigenvalue weighted by Gasteiger charge is -2.03. The summed E-state index contributed by atoms with van der Waals surface area (Å²) in [5.41, 5.74) is 5.60. The largest absolute Gasteiger partial charge is 0.396 e. The summed E-state index contributed by atoms with van der Waals surface area (Å²) in [6, 6.07) is 4.15. The smallest absolute Gasteiger partial charge is 0.129 e. The summed E-state index contributed by atoms with van der Waals surface area (Å²) in [6.07, 6.45) is 1.25. The molecule has 2 aromatic rings. The van der Waals surface area contributed by atoms with Gasteiger partial charge in [0.15, 0.2) is 0 Å². The Kier molecular flexibility index (Phi) is 7.07. The lowest BCUT2D eigenvalue weighted by Crippen LogP contribution is -2.16. The van der Waals surface area contributed by atoms with Gasteiger partial charge in [0, 0.05) is 18.1 Å². The highest BCUT2D eigenvalue weighted by Crippen LogP contribution is 2.24. The number of aliphatic hydroxyl groups excluding tert-OH is 2. The fraction of sp³-hybridized carbons (Fsp3) is 0.400. The van der Waals surface area contributed by atoms with Crippen LogP contribution in [0.15, 0.2) is 12.1 Å². The van der Waals surface area contributed by atoms with Gasteiger partial charge >= 0.3 is 0 Å². The topological polar surface area (TPSA) is 40.5 Å². The van der Waals surface area contributed by atoms with Gasteiger partial charge in [-0.2, -0.15) is 0 Å². The molecule has 2 aromatic heterocycles. The summed E-state index contributed by atoms with van der Waals surface area (Å²) in [5, 5.41) is 18.5. The van der Waals surface area contributed by atoms with E-state index in [0.29, 0.717) is 12.8 Å². The maximum absolute atomic E-state index is 9.29.